The third-order valence-electron chi connectivity index (χ3n) is 6.68. The minimum absolute atomic E-state index is 0.178. The minimum atomic E-state index is -0.178. The van der Waals surface area contributed by atoms with Gasteiger partial charge in [0.2, 0.25) is 0 Å². The van der Waals surface area contributed by atoms with Crippen molar-refractivity contribution in [2.24, 2.45) is 5.92 Å². The lowest BCUT2D eigenvalue weighted by Crippen LogP contribution is -2.50. The number of aromatic amines is 1. The van der Waals surface area contributed by atoms with Gasteiger partial charge in [0.1, 0.15) is 17.4 Å². The van der Waals surface area contributed by atoms with E-state index in [1.165, 1.54) is 0 Å². The standard InChI is InChI=1S/C25H33N7O3/c1-14(2)13-35-25(33)32-17-5-6-18(32)9-16(8-17)27-24-20-10-19(34-4)12-26-21(20)11-22(29-24)28-23-7-15(3)30-31-23/h7,10-12,14,16-18H,5-6,8-9,13H2,1-4H3,(H3,27,28,29,30,31)/t16?,17-,18+. The lowest BCUT2D eigenvalue weighted by atomic mass is 9.97. The van der Waals surface area contributed by atoms with Crippen LogP contribution in [0, 0.1) is 12.8 Å². The Balaban J connectivity index is 1.38. The van der Waals surface area contributed by atoms with E-state index >= 15 is 0 Å². The van der Waals surface area contributed by atoms with Crippen LogP contribution >= 0.6 is 0 Å². The van der Waals surface area contributed by atoms with Crippen LogP contribution in [0.4, 0.5) is 22.2 Å². The average Bonchev–Trinajstić information content (AvgIpc) is 3.36. The Labute approximate surface area is 204 Å². The molecule has 1 unspecified atom stereocenters. The molecule has 3 atom stereocenters. The number of aryl methyl sites for hydroxylation is 1. The third kappa shape index (κ3) is 4.96. The number of aromatic nitrogens is 4. The molecule has 3 aromatic rings. The van der Waals surface area contributed by atoms with E-state index in [0.717, 1.165) is 48.1 Å². The van der Waals surface area contributed by atoms with E-state index in [1.54, 1.807) is 13.3 Å². The van der Waals surface area contributed by atoms with Gasteiger partial charge >= 0.3 is 6.09 Å². The molecule has 3 aromatic heterocycles. The van der Waals surface area contributed by atoms with E-state index in [1.807, 2.05) is 30.0 Å². The van der Waals surface area contributed by atoms with Crippen molar-refractivity contribution >= 4 is 34.4 Å². The van der Waals surface area contributed by atoms with E-state index in [9.17, 15) is 4.79 Å². The molecule has 35 heavy (non-hydrogen) atoms. The van der Waals surface area contributed by atoms with E-state index < -0.39 is 0 Å². The number of pyridine rings is 2. The molecule has 0 radical (unpaired) electrons. The number of piperidine rings is 1. The maximum Gasteiger partial charge on any atom is 0.410 e. The fourth-order valence-corrected chi connectivity index (χ4v) is 5.10. The number of hydrogen-bond donors (Lipinski definition) is 3. The highest BCUT2D eigenvalue weighted by molar-refractivity contribution is 5.92. The summed E-state index contributed by atoms with van der Waals surface area (Å²) < 4.78 is 11.0. The van der Waals surface area contributed by atoms with Crippen molar-refractivity contribution in [1.82, 2.24) is 25.1 Å². The van der Waals surface area contributed by atoms with Gasteiger partial charge < -0.3 is 25.0 Å². The summed E-state index contributed by atoms with van der Waals surface area (Å²) in [5.41, 5.74) is 1.76. The number of nitrogens with zero attached hydrogens (tertiary/aromatic N) is 4. The van der Waals surface area contributed by atoms with Gasteiger partial charge in [-0.15, -0.1) is 0 Å². The number of hydrogen-bond acceptors (Lipinski definition) is 8. The summed E-state index contributed by atoms with van der Waals surface area (Å²) in [7, 11) is 1.63. The maximum absolute atomic E-state index is 12.7. The maximum atomic E-state index is 12.7. The first-order chi connectivity index (χ1) is 16.9. The Kier molecular flexibility index (Phi) is 6.36. The molecule has 5 rings (SSSR count). The van der Waals surface area contributed by atoms with Gasteiger partial charge in [-0.1, -0.05) is 13.8 Å². The Morgan fingerprint density at radius 3 is 2.63 bits per heavy atom. The number of H-pyrrole nitrogens is 1. The van der Waals surface area contributed by atoms with Crippen molar-refractivity contribution < 1.29 is 14.3 Å². The molecule has 2 bridgehead atoms. The Morgan fingerprint density at radius 1 is 1.20 bits per heavy atom. The third-order valence-corrected chi connectivity index (χ3v) is 6.68. The Hall–Kier alpha value is -3.56. The molecule has 3 N–H and O–H groups in total. The second-order valence-electron chi connectivity index (χ2n) is 9.93. The summed E-state index contributed by atoms with van der Waals surface area (Å²) >= 11 is 0. The number of anilines is 3. The molecule has 2 aliphatic heterocycles. The number of carbonyl (C=O) groups is 1. The zero-order valence-corrected chi connectivity index (χ0v) is 20.7. The highest BCUT2D eigenvalue weighted by Gasteiger charge is 2.44. The lowest BCUT2D eigenvalue weighted by molar-refractivity contribution is 0.0603. The second-order valence-corrected chi connectivity index (χ2v) is 9.93. The van der Waals surface area contributed by atoms with Crippen LogP contribution in [0.25, 0.3) is 10.9 Å². The summed E-state index contributed by atoms with van der Waals surface area (Å²) in [6.45, 7) is 6.51. The average molecular weight is 480 g/mol. The van der Waals surface area contributed by atoms with Crippen molar-refractivity contribution in [3.63, 3.8) is 0 Å². The van der Waals surface area contributed by atoms with Gasteiger partial charge in [-0.3, -0.25) is 10.1 Å². The van der Waals surface area contributed by atoms with Crippen LogP contribution in [0.15, 0.2) is 24.4 Å². The minimum Gasteiger partial charge on any atom is -0.495 e. The smallest absolute Gasteiger partial charge is 0.410 e. The summed E-state index contributed by atoms with van der Waals surface area (Å²) in [6, 6.07) is 6.32. The monoisotopic (exact) mass is 479 g/mol. The fourth-order valence-electron chi connectivity index (χ4n) is 5.10. The van der Waals surface area contributed by atoms with Crippen LogP contribution in [0.1, 0.15) is 45.2 Å². The molecule has 5 heterocycles. The van der Waals surface area contributed by atoms with Crippen LogP contribution in [0.3, 0.4) is 0 Å². The number of carbonyl (C=O) groups excluding carboxylic acids is 1. The van der Waals surface area contributed by atoms with E-state index in [2.05, 4.69) is 39.7 Å². The quantitative estimate of drug-likeness (QED) is 0.450. The fraction of sp³-hybridized carbons (Fsp3) is 0.520. The van der Waals surface area contributed by atoms with Crippen molar-refractivity contribution in [2.45, 2.75) is 64.6 Å². The summed E-state index contributed by atoms with van der Waals surface area (Å²) in [4.78, 5) is 24.1. The number of fused-ring (bicyclic) bond motifs is 3. The molecule has 10 heteroatoms. The first kappa shape index (κ1) is 23.2. The Morgan fingerprint density at radius 2 is 1.97 bits per heavy atom. The van der Waals surface area contributed by atoms with Gasteiger partial charge in [0.25, 0.3) is 0 Å². The Bertz CT molecular complexity index is 1200. The predicted molar refractivity (Wildman–Crippen MR) is 134 cm³/mol. The molecular weight excluding hydrogens is 446 g/mol. The highest BCUT2D eigenvalue weighted by Crippen LogP contribution is 2.38. The topological polar surface area (TPSA) is 117 Å². The lowest BCUT2D eigenvalue weighted by Gasteiger charge is -2.38. The van der Waals surface area contributed by atoms with Crippen LogP contribution in [0.2, 0.25) is 0 Å². The normalized spacial score (nSPS) is 21.4. The van der Waals surface area contributed by atoms with Crippen molar-refractivity contribution in [3.8, 4) is 5.75 Å². The highest BCUT2D eigenvalue weighted by atomic mass is 16.6. The number of amides is 1. The molecule has 2 aliphatic rings. The molecule has 0 aromatic carbocycles. The van der Waals surface area contributed by atoms with Gasteiger partial charge in [0.15, 0.2) is 5.82 Å². The molecule has 186 valence electrons. The van der Waals surface area contributed by atoms with E-state index in [-0.39, 0.29) is 24.2 Å². The molecule has 2 fully saturated rings. The van der Waals surface area contributed by atoms with Crippen LogP contribution in [0.5, 0.6) is 5.75 Å². The van der Waals surface area contributed by atoms with Gasteiger partial charge in [-0.05, 0) is 44.6 Å². The zero-order chi connectivity index (χ0) is 24.5. The van der Waals surface area contributed by atoms with Crippen LogP contribution in [-0.4, -0.2) is 63.0 Å². The van der Waals surface area contributed by atoms with Crippen molar-refractivity contribution in [3.05, 3.63) is 30.1 Å². The SMILES string of the molecule is COc1cnc2cc(Nc3cc(C)[nH]n3)nc(NC3C[C@H]4CC[C@@H](C3)N4C(=O)OCC(C)C)c2c1. The van der Waals surface area contributed by atoms with Crippen molar-refractivity contribution in [1.29, 1.82) is 0 Å². The predicted octanol–water partition coefficient (Wildman–Crippen LogP) is 4.61. The molecule has 2 saturated heterocycles. The van der Waals surface area contributed by atoms with E-state index in [4.69, 9.17) is 14.5 Å². The van der Waals surface area contributed by atoms with Gasteiger partial charge in [0, 0.05) is 41.3 Å². The van der Waals surface area contributed by atoms with Crippen molar-refractivity contribution in [2.75, 3.05) is 24.4 Å². The first-order valence-electron chi connectivity index (χ1n) is 12.2. The molecule has 0 aliphatic carbocycles. The molecule has 1 amide bonds. The van der Waals surface area contributed by atoms with Gasteiger partial charge in [-0.2, -0.15) is 5.10 Å². The number of rotatable bonds is 7. The van der Waals surface area contributed by atoms with E-state index in [0.29, 0.717) is 29.9 Å². The van der Waals surface area contributed by atoms with Gasteiger partial charge in [-0.25, -0.2) is 9.78 Å². The molecule has 0 saturated carbocycles. The number of methoxy groups -OCH3 is 1. The van der Waals surface area contributed by atoms with Crippen LogP contribution in [-0.2, 0) is 4.74 Å². The van der Waals surface area contributed by atoms with Gasteiger partial charge in [0.05, 0.1) is 25.4 Å². The molecule has 10 nitrogen and oxygen atoms in total. The number of ether oxygens (including phenoxy) is 2. The summed E-state index contributed by atoms with van der Waals surface area (Å²) in [6.07, 6.45) is 5.24. The molecular formula is C25H33N7O3. The largest absolute Gasteiger partial charge is 0.495 e. The summed E-state index contributed by atoms with van der Waals surface area (Å²) in [5.74, 6) is 3.09. The number of nitrogens with one attached hydrogen (secondary N) is 3. The van der Waals surface area contributed by atoms with Crippen LogP contribution < -0.4 is 15.4 Å². The first-order valence-corrected chi connectivity index (χ1v) is 12.2. The molecule has 0 spiro atoms. The zero-order valence-electron chi connectivity index (χ0n) is 20.7. The second kappa shape index (κ2) is 9.59. The summed E-state index contributed by atoms with van der Waals surface area (Å²) in [5, 5.41) is 15.0.